The maximum Gasteiger partial charge on any atom is 0.164 e. The van der Waals surface area contributed by atoms with Crippen LogP contribution in [0.1, 0.15) is 5.56 Å². The van der Waals surface area contributed by atoms with E-state index in [1.165, 1.54) is 49.2 Å². The quantitative estimate of drug-likeness (QED) is 0.135. The maximum atomic E-state index is 10.7. The zero-order valence-corrected chi connectivity index (χ0v) is 43.3. The smallest absolute Gasteiger partial charge is 0.164 e. The first kappa shape index (κ1) is 46.4. The van der Waals surface area contributed by atoms with Gasteiger partial charge in [0.05, 0.1) is 11.6 Å². The Kier molecular flexibility index (Phi) is 11.2. The lowest BCUT2D eigenvalue weighted by atomic mass is 9.88. The van der Waals surface area contributed by atoms with Gasteiger partial charge in [-0.25, -0.2) is 15.0 Å². The zero-order chi connectivity index (χ0) is 53.1. The van der Waals surface area contributed by atoms with Crippen molar-refractivity contribution < 1.29 is 0 Å². The topological polar surface area (TPSA) is 62.5 Å². The van der Waals surface area contributed by atoms with Crippen molar-refractivity contribution in [3.63, 3.8) is 0 Å². The molecule has 0 saturated heterocycles. The standard InChI is InChI=1S/C76H46N4/c77-47-60-30-16-36-62(55-26-10-23-51(41-55)54-39-40-66-67-37-14-20-49-21-15-38-68(73(49)67)71(66)45-54)72(60)57-27-11-24-52(42-57)53-25-13-29-59(44-53)75-78-74(58-28-12-22-50(43-58)48-17-2-1-3-18-48)79-76(80-75)69-35-9-8-34-65(69)70-46-56-19-4-5-31-61(56)63-32-6-7-33-64(63)70/h1-46H. The molecule has 0 radical (unpaired) electrons. The van der Waals surface area contributed by atoms with E-state index in [9.17, 15) is 5.26 Å². The van der Waals surface area contributed by atoms with Crippen LogP contribution in [0, 0.1) is 11.3 Å². The van der Waals surface area contributed by atoms with Crippen LogP contribution in [0.25, 0.3) is 155 Å². The van der Waals surface area contributed by atoms with E-state index in [0.29, 0.717) is 23.0 Å². The van der Waals surface area contributed by atoms with Crippen molar-refractivity contribution in [3.8, 4) is 129 Å². The summed E-state index contributed by atoms with van der Waals surface area (Å²) in [6.45, 7) is 0. The number of nitriles is 1. The number of rotatable bonds is 9. The average Bonchev–Trinajstić information content (AvgIpc) is 4.03. The number of nitrogens with zero attached hydrogens (tertiary/aromatic N) is 4. The summed E-state index contributed by atoms with van der Waals surface area (Å²) in [5, 5.41) is 18.1. The molecule has 14 aromatic rings. The molecule has 1 heterocycles. The molecule has 0 atom stereocenters. The summed E-state index contributed by atoms with van der Waals surface area (Å²) in [6, 6.07) is 101. The third-order valence-electron chi connectivity index (χ3n) is 15.9. The lowest BCUT2D eigenvalue weighted by Gasteiger charge is -2.16. The largest absolute Gasteiger partial charge is 0.208 e. The molecule has 1 aromatic heterocycles. The first-order chi connectivity index (χ1) is 39.6. The summed E-state index contributed by atoms with van der Waals surface area (Å²) >= 11 is 0. The molecule has 15 rings (SSSR count). The minimum atomic E-state index is 0.563. The number of aromatic nitrogens is 3. The summed E-state index contributed by atoms with van der Waals surface area (Å²) in [5.74, 6) is 1.73. The van der Waals surface area contributed by atoms with Crippen LogP contribution in [0.4, 0.5) is 0 Å². The zero-order valence-electron chi connectivity index (χ0n) is 43.3. The van der Waals surface area contributed by atoms with Gasteiger partial charge in [-0.3, -0.25) is 0 Å². The van der Waals surface area contributed by atoms with Crippen molar-refractivity contribution in [2.45, 2.75) is 0 Å². The van der Waals surface area contributed by atoms with Crippen molar-refractivity contribution in [2.24, 2.45) is 0 Å². The van der Waals surface area contributed by atoms with Crippen LogP contribution in [0.5, 0.6) is 0 Å². The lowest BCUT2D eigenvalue weighted by molar-refractivity contribution is 1.07. The van der Waals surface area contributed by atoms with Crippen LogP contribution in [0.2, 0.25) is 0 Å². The Bertz CT molecular complexity index is 4850. The van der Waals surface area contributed by atoms with Gasteiger partial charge in [0.15, 0.2) is 17.5 Å². The summed E-state index contributed by atoms with van der Waals surface area (Å²) < 4.78 is 0. The second-order valence-electron chi connectivity index (χ2n) is 20.5. The van der Waals surface area contributed by atoms with Gasteiger partial charge in [0, 0.05) is 22.3 Å². The Morgan fingerprint density at radius 2 is 0.688 bits per heavy atom. The van der Waals surface area contributed by atoms with Crippen LogP contribution in [0.3, 0.4) is 0 Å². The van der Waals surface area contributed by atoms with Gasteiger partial charge in [-0.15, -0.1) is 0 Å². The molecule has 0 fully saturated rings. The fraction of sp³-hybridized carbons (Fsp3) is 0. The Labute approximate surface area is 463 Å². The van der Waals surface area contributed by atoms with E-state index in [2.05, 4.69) is 267 Å². The van der Waals surface area contributed by atoms with Crippen LogP contribution in [-0.4, -0.2) is 15.0 Å². The van der Waals surface area contributed by atoms with E-state index in [1.54, 1.807) is 0 Å². The molecule has 0 unspecified atom stereocenters. The van der Waals surface area contributed by atoms with Crippen molar-refractivity contribution in [3.05, 3.63) is 285 Å². The minimum Gasteiger partial charge on any atom is -0.208 e. The van der Waals surface area contributed by atoms with Gasteiger partial charge in [-0.05, 0) is 158 Å². The number of hydrogen-bond donors (Lipinski definition) is 0. The monoisotopic (exact) mass is 1010 g/mol. The van der Waals surface area contributed by atoms with Crippen molar-refractivity contribution in [1.82, 2.24) is 15.0 Å². The Morgan fingerprint density at radius 3 is 1.40 bits per heavy atom. The van der Waals surface area contributed by atoms with E-state index < -0.39 is 0 Å². The van der Waals surface area contributed by atoms with Crippen LogP contribution in [-0.2, 0) is 0 Å². The van der Waals surface area contributed by atoms with Crippen molar-refractivity contribution >= 4 is 32.3 Å². The van der Waals surface area contributed by atoms with Gasteiger partial charge in [0.25, 0.3) is 0 Å². The van der Waals surface area contributed by atoms with E-state index in [1.807, 2.05) is 18.2 Å². The molecule has 0 N–H and O–H groups in total. The van der Waals surface area contributed by atoms with Gasteiger partial charge in [0.1, 0.15) is 0 Å². The number of fused-ring (bicyclic) bond motifs is 6. The predicted octanol–water partition coefficient (Wildman–Crippen LogP) is 19.9. The van der Waals surface area contributed by atoms with Gasteiger partial charge >= 0.3 is 0 Å². The number of benzene rings is 13. The highest BCUT2D eigenvalue weighted by atomic mass is 15.0. The highest BCUT2D eigenvalue weighted by Gasteiger charge is 2.23. The Morgan fingerprint density at radius 1 is 0.237 bits per heavy atom. The summed E-state index contributed by atoms with van der Waals surface area (Å²) in [4.78, 5) is 16.0. The molecule has 80 heavy (non-hydrogen) atoms. The molecule has 0 spiro atoms. The van der Waals surface area contributed by atoms with Crippen LogP contribution >= 0.6 is 0 Å². The fourth-order valence-electron chi connectivity index (χ4n) is 12.1. The molecule has 0 aliphatic heterocycles. The van der Waals surface area contributed by atoms with Crippen LogP contribution in [0.15, 0.2) is 279 Å². The molecule has 4 nitrogen and oxygen atoms in total. The first-order valence-corrected chi connectivity index (χ1v) is 27.0. The molecule has 0 saturated carbocycles. The van der Waals surface area contributed by atoms with Gasteiger partial charge in [0.2, 0.25) is 0 Å². The third-order valence-corrected chi connectivity index (χ3v) is 15.9. The second kappa shape index (κ2) is 19.3. The molecule has 1 aliphatic rings. The second-order valence-corrected chi connectivity index (χ2v) is 20.5. The summed E-state index contributed by atoms with van der Waals surface area (Å²) in [7, 11) is 0. The van der Waals surface area contributed by atoms with E-state index in [0.717, 1.165) is 88.8 Å². The van der Waals surface area contributed by atoms with E-state index >= 15 is 0 Å². The van der Waals surface area contributed by atoms with E-state index in [4.69, 9.17) is 15.0 Å². The van der Waals surface area contributed by atoms with Gasteiger partial charge in [-0.2, -0.15) is 5.26 Å². The highest BCUT2D eigenvalue weighted by Crippen LogP contribution is 2.49. The normalized spacial score (nSPS) is 11.5. The average molecular weight is 1020 g/mol. The summed E-state index contributed by atoms with van der Waals surface area (Å²) in [6.07, 6.45) is 0. The fourth-order valence-corrected chi connectivity index (χ4v) is 12.1. The first-order valence-electron chi connectivity index (χ1n) is 27.0. The van der Waals surface area contributed by atoms with Gasteiger partial charge in [-0.1, -0.05) is 237 Å². The SMILES string of the molecule is N#Cc1cccc(-c2cccc(-c3ccc4c(c3)-c3cccc5cccc-4c35)c2)c1-c1cccc(-c2cccc(-c3nc(-c4cccc(-c5ccccc5)c4)nc(-c4ccccc4-c4cc5ccccc5c5ccccc45)n3)c2)c1. The molecule has 4 heteroatoms. The molecule has 0 bridgehead atoms. The number of hydrogen-bond acceptors (Lipinski definition) is 4. The van der Waals surface area contributed by atoms with Crippen LogP contribution < -0.4 is 0 Å². The van der Waals surface area contributed by atoms with Gasteiger partial charge < -0.3 is 0 Å². The maximum absolute atomic E-state index is 10.7. The minimum absolute atomic E-state index is 0.563. The molecular weight excluding hydrogens is 969 g/mol. The molecule has 0 amide bonds. The highest BCUT2D eigenvalue weighted by molar-refractivity contribution is 6.16. The Balaban J connectivity index is 0.829. The summed E-state index contributed by atoms with van der Waals surface area (Å²) in [5.41, 5.74) is 20.9. The molecule has 370 valence electrons. The molecular formula is C76H46N4. The third kappa shape index (κ3) is 8.04. The van der Waals surface area contributed by atoms with E-state index in [-0.39, 0.29) is 0 Å². The molecule has 13 aromatic carbocycles. The van der Waals surface area contributed by atoms with Crippen molar-refractivity contribution in [1.29, 1.82) is 5.26 Å². The predicted molar refractivity (Wildman–Crippen MR) is 330 cm³/mol. The lowest BCUT2D eigenvalue weighted by Crippen LogP contribution is -2.01. The van der Waals surface area contributed by atoms with Crippen molar-refractivity contribution in [2.75, 3.05) is 0 Å². The Hall–Kier alpha value is -10.9. The molecule has 1 aliphatic carbocycles.